The molecule has 22 heavy (non-hydrogen) atoms. The molecule has 0 spiro atoms. The standard InChI is InChI=1S/C20H33NO/c1-15(2)20(19(3,4)5)10-6-18-16(14-20)7-11-21(18)17-8-12-22-13-9-17/h7,11,15,17H,6,8-10,12-14H2,1-5H3. The van der Waals surface area contributed by atoms with Gasteiger partial charge in [-0.25, -0.2) is 0 Å². The van der Waals surface area contributed by atoms with Gasteiger partial charge in [0.1, 0.15) is 0 Å². The zero-order valence-corrected chi connectivity index (χ0v) is 15.1. The van der Waals surface area contributed by atoms with Gasteiger partial charge in [0.05, 0.1) is 0 Å². The third kappa shape index (κ3) is 2.54. The predicted octanol–water partition coefficient (Wildman–Crippen LogP) is 5.02. The molecule has 124 valence electrons. The topological polar surface area (TPSA) is 14.2 Å². The molecule has 1 aromatic rings. The summed E-state index contributed by atoms with van der Waals surface area (Å²) in [6, 6.07) is 3.08. The number of hydrogen-bond donors (Lipinski definition) is 0. The van der Waals surface area contributed by atoms with Crippen LogP contribution in [0.4, 0.5) is 0 Å². The Morgan fingerprint density at radius 1 is 1.23 bits per heavy atom. The molecular formula is C20H33NO. The first-order chi connectivity index (χ1) is 10.3. The van der Waals surface area contributed by atoms with Crippen LogP contribution in [0.1, 0.15) is 71.2 Å². The fraction of sp³-hybridized carbons (Fsp3) is 0.800. The van der Waals surface area contributed by atoms with E-state index in [9.17, 15) is 0 Å². The molecule has 1 aliphatic carbocycles. The van der Waals surface area contributed by atoms with Gasteiger partial charge >= 0.3 is 0 Å². The summed E-state index contributed by atoms with van der Waals surface area (Å²) in [5.41, 5.74) is 4.02. The van der Waals surface area contributed by atoms with E-state index in [2.05, 4.69) is 51.4 Å². The number of aromatic nitrogens is 1. The smallest absolute Gasteiger partial charge is 0.0485 e. The number of ether oxygens (including phenoxy) is 1. The van der Waals surface area contributed by atoms with Gasteiger partial charge in [-0.2, -0.15) is 0 Å². The predicted molar refractivity (Wildman–Crippen MR) is 92.3 cm³/mol. The highest BCUT2D eigenvalue weighted by Crippen LogP contribution is 2.53. The summed E-state index contributed by atoms with van der Waals surface area (Å²) >= 11 is 0. The summed E-state index contributed by atoms with van der Waals surface area (Å²) in [5, 5.41) is 0. The third-order valence-corrected chi connectivity index (χ3v) is 6.62. The largest absolute Gasteiger partial charge is 0.381 e. The van der Waals surface area contributed by atoms with Gasteiger partial charge in [-0.1, -0.05) is 34.6 Å². The molecule has 2 nitrogen and oxygen atoms in total. The van der Waals surface area contributed by atoms with Crippen molar-refractivity contribution in [2.24, 2.45) is 16.7 Å². The minimum Gasteiger partial charge on any atom is -0.381 e. The Morgan fingerprint density at radius 2 is 1.91 bits per heavy atom. The minimum atomic E-state index is 0.361. The van der Waals surface area contributed by atoms with Gasteiger partial charge in [0, 0.05) is 31.1 Å². The maximum absolute atomic E-state index is 5.54. The van der Waals surface area contributed by atoms with Crippen LogP contribution in [-0.4, -0.2) is 17.8 Å². The van der Waals surface area contributed by atoms with Crippen molar-refractivity contribution < 1.29 is 4.74 Å². The van der Waals surface area contributed by atoms with Crippen LogP contribution in [0.5, 0.6) is 0 Å². The van der Waals surface area contributed by atoms with Crippen LogP contribution >= 0.6 is 0 Å². The molecule has 0 amide bonds. The maximum Gasteiger partial charge on any atom is 0.0485 e. The molecule has 0 radical (unpaired) electrons. The van der Waals surface area contributed by atoms with Gasteiger partial charge < -0.3 is 9.30 Å². The Labute approximate surface area is 136 Å². The van der Waals surface area contributed by atoms with Crippen molar-refractivity contribution in [1.29, 1.82) is 0 Å². The van der Waals surface area contributed by atoms with Crippen LogP contribution in [0.15, 0.2) is 12.3 Å². The lowest BCUT2D eigenvalue weighted by atomic mass is 9.54. The molecule has 2 aliphatic rings. The van der Waals surface area contributed by atoms with Crippen LogP contribution in [0, 0.1) is 16.7 Å². The first-order valence-electron chi connectivity index (χ1n) is 9.11. The summed E-state index contributed by atoms with van der Waals surface area (Å²) in [4.78, 5) is 0. The minimum absolute atomic E-state index is 0.361. The summed E-state index contributed by atoms with van der Waals surface area (Å²) in [6.07, 6.45) is 8.54. The highest BCUT2D eigenvalue weighted by Gasteiger charge is 2.46. The molecule has 3 rings (SSSR count). The molecule has 1 atom stereocenters. The lowest BCUT2D eigenvalue weighted by Crippen LogP contribution is -2.45. The molecular weight excluding hydrogens is 270 g/mol. The summed E-state index contributed by atoms with van der Waals surface area (Å²) < 4.78 is 8.13. The van der Waals surface area contributed by atoms with Crippen molar-refractivity contribution in [3.8, 4) is 0 Å². The second-order valence-electron chi connectivity index (χ2n) is 8.78. The molecule has 0 bridgehead atoms. The molecule has 1 aromatic heterocycles. The van der Waals surface area contributed by atoms with Crippen LogP contribution in [0.3, 0.4) is 0 Å². The van der Waals surface area contributed by atoms with E-state index in [0.717, 1.165) is 19.1 Å². The lowest BCUT2D eigenvalue weighted by Gasteiger charge is -2.51. The molecule has 1 unspecified atom stereocenters. The van der Waals surface area contributed by atoms with Gasteiger partial charge in [-0.05, 0) is 60.5 Å². The van der Waals surface area contributed by atoms with E-state index >= 15 is 0 Å². The highest BCUT2D eigenvalue weighted by atomic mass is 16.5. The molecule has 0 saturated carbocycles. The number of fused-ring (bicyclic) bond motifs is 1. The first kappa shape index (κ1) is 16.1. The fourth-order valence-electron chi connectivity index (χ4n) is 5.05. The van der Waals surface area contributed by atoms with Crippen LogP contribution in [0.25, 0.3) is 0 Å². The molecule has 2 heterocycles. The van der Waals surface area contributed by atoms with Gasteiger partial charge in [0.15, 0.2) is 0 Å². The molecule has 2 heteroatoms. The number of nitrogens with zero attached hydrogens (tertiary/aromatic N) is 1. The van der Waals surface area contributed by atoms with Crippen LogP contribution in [-0.2, 0) is 17.6 Å². The Hall–Kier alpha value is -0.760. The average molecular weight is 303 g/mol. The molecule has 1 fully saturated rings. The van der Waals surface area contributed by atoms with Crippen molar-refractivity contribution in [2.75, 3.05) is 13.2 Å². The van der Waals surface area contributed by atoms with Crippen LogP contribution < -0.4 is 0 Å². The zero-order valence-electron chi connectivity index (χ0n) is 15.1. The Balaban J connectivity index is 1.90. The second-order valence-corrected chi connectivity index (χ2v) is 8.78. The monoisotopic (exact) mass is 303 g/mol. The average Bonchev–Trinajstić information content (AvgIpc) is 2.89. The Bertz CT molecular complexity index is 516. The van der Waals surface area contributed by atoms with E-state index in [-0.39, 0.29) is 0 Å². The quantitative estimate of drug-likeness (QED) is 0.748. The highest BCUT2D eigenvalue weighted by molar-refractivity contribution is 5.29. The van der Waals surface area contributed by atoms with Crippen molar-refractivity contribution >= 4 is 0 Å². The normalized spacial score (nSPS) is 27.2. The van der Waals surface area contributed by atoms with E-state index in [4.69, 9.17) is 4.74 Å². The third-order valence-electron chi connectivity index (χ3n) is 6.62. The maximum atomic E-state index is 5.54. The van der Waals surface area contributed by atoms with E-state index < -0.39 is 0 Å². The van der Waals surface area contributed by atoms with Crippen LogP contribution in [0.2, 0.25) is 0 Å². The first-order valence-corrected chi connectivity index (χ1v) is 9.11. The van der Waals surface area contributed by atoms with Crippen molar-refractivity contribution in [1.82, 2.24) is 4.57 Å². The summed E-state index contributed by atoms with van der Waals surface area (Å²) in [7, 11) is 0. The Morgan fingerprint density at radius 3 is 2.50 bits per heavy atom. The molecule has 1 aliphatic heterocycles. The lowest BCUT2D eigenvalue weighted by molar-refractivity contribution is 0.0133. The molecule has 1 saturated heterocycles. The Kier molecular flexibility index (Phi) is 4.18. The summed E-state index contributed by atoms with van der Waals surface area (Å²) in [5.74, 6) is 0.729. The van der Waals surface area contributed by atoms with E-state index in [0.29, 0.717) is 16.9 Å². The van der Waals surface area contributed by atoms with E-state index in [1.165, 1.54) is 32.1 Å². The zero-order chi connectivity index (χ0) is 16.0. The SMILES string of the molecule is CC(C)C1(C(C)(C)C)CCc2c(ccn2C2CCOCC2)C1. The van der Waals surface area contributed by atoms with Gasteiger partial charge in [0.25, 0.3) is 0 Å². The second kappa shape index (κ2) is 5.70. The van der Waals surface area contributed by atoms with Crippen molar-refractivity contribution in [3.05, 3.63) is 23.5 Å². The van der Waals surface area contributed by atoms with Crippen molar-refractivity contribution in [3.63, 3.8) is 0 Å². The van der Waals surface area contributed by atoms with E-state index in [1.54, 1.807) is 11.3 Å². The summed E-state index contributed by atoms with van der Waals surface area (Å²) in [6.45, 7) is 14.0. The van der Waals surface area contributed by atoms with Crippen molar-refractivity contribution in [2.45, 2.75) is 72.8 Å². The molecule has 0 N–H and O–H groups in total. The van der Waals surface area contributed by atoms with E-state index in [1.807, 2.05) is 0 Å². The van der Waals surface area contributed by atoms with Gasteiger partial charge in [-0.15, -0.1) is 0 Å². The molecule has 0 aromatic carbocycles. The van der Waals surface area contributed by atoms with Gasteiger partial charge in [-0.3, -0.25) is 0 Å². The fourth-order valence-corrected chi connectivity index (χ4v) is 5.05. The van der Waals surface area contributed by atoms with Gasteiger partial charge in [0.2, 0.25) is 0 Å². The number of hydrogen-bond acceptors (Lipinski definition) is 1. The number of rotatable bonds is 2.